The Bertz CT molecular complexity index is 565. The van der Waals surface area contributed by atoms with Gasteiger partial charge in [-0.2, -0.15) is 0 Å². The first-order valence-electron chi connectivity index (χ1n) is 6.09. The highest BCUT2D eigenvalue weighted by Crippen LogP contribution is 2.28. The number of nitrogens with zero attached hydrogens (tertiary/aromatic N) is 2. The monoisotopic (exact) mass is 228 g/mol. The van der Waals surface area contributed by atoms with E-state index < -0.39 is 0 Å². The minimum absolute atomic E-state index is 0.746. The molecule has 3 nitrogen and oxygen atoms in total. The Balaban J connectivity index is 2.13. The summed E-state index contributed by atoms with van der Waals surface area (Å²) in [5.41, 5.74) is 1.94. The fourth-order valence-corrected chi connectivity index (χ4v) is 2.68. The summed E-state index contributed by atoms with van der Waals surface area (Å²) in [6, 6.07) is 8.05. The van der Waals surface area contributed by atoms with Crippen LogP contribution in [0.2, 0.25) is 0 Å². The summed E-state index contributed by atoms with van der Waals surface area (Å²) in [7, 11) is 2.09. The number of hydrogen-bond acceptors (Lipinski definition) is 2. The van der Waals surface area contributed by atoms with Crippen molar-refractivity contribution >= 4 is 23.0 Å². The zero-order chi connectivity index (χ0) is 11.8. The highest BCUT2D eigenvalue weighted by atomic mass is 16.1. The summed E-state index contributed by atoms with van der Waals surface area (Å²) in [4.78, 5) is 13.2. The van der Waals surface area contributed by atoms with Gasteiger partial charge in [-0.15, -0.1) is 0 Å². The number of carbonyl (C=O) groups is 1. The maximum Gasteiger partial charge on any atom is 0.150 e. The Kier molecular flexibility index (Phi) is 2.39. The van der Waals surface area contributed by atoms with Gasteiger partial charge in [0.05, 0.1) is 0 Å². The van der Waals surface area contributed by atoms with Crippen LogP contribution >= 0.6 is 0 Å². The summed E-state index contributed by atoms with van der Waals surface area (Å²) >= 11 is 0. The molecule has 17 heavy (non-hydrogen) atoms. The molecule has 1 fully saturated rings. The second-order valence-corrected chi connectivity index (χ2v) is 4.69. The van der Waals surface area contributed by atoms with Gasteiger partial charge < -0.3 is 9.47 Å². The summed E-state index contributed by atoms with van der Waals surface area (Å²) in [6.45, 7) is 2.29. The third-order valence-electron chi connectivity index (χ3n) is 3.61. The molecular weight excluding hydrogens is 212 g/mol. The van der Waals surface area contributed by atoms with E-state index in [0.717, 1.165) is 30.3 Å². The highest BCUT2D eigenvalue weighted by molar-refractivity contribution is 5.90. The van der Waals surface area contributed by atoms with Gasteiger partial charge in [-0.05, 0) is 37.1 Å². The standard InChI is InChI=1S/C14H16N2O/c1-15-13-5-4-11(10-17)8-12(13)9-14(15)16-6-2-3-7-16/h4-5,8-10H,2-3,6-7H2,1H3. The van der Waals surface area contributed by atoms with Gasteiger partial charge in [-0.25, -0.2) is 0 Å². The van der Waals surface area contributed by atoms with Crippen molar-refractivity contribution in [3.8, 4) is 0 Å². The summed E-state index contributed by atoms with van der Waals surface area (Å²) < 4.78 is 2.22. The van der Waals surface area contributed by atoms with Gasteiger partial charge in [0.25, 0.3) is 0 Å². The number of aryl methyl sites for hydroxylation is 1. The van der Waals surface area contributed by atoms with Crippen molar-refractivity contribution in [2.24, 2.45) is 7.05 Å². The SMILES string of the molecule is Cn1c(N2CCCC2)cc2cc(C=O)ccc21. The van der Waals surface area contributed by atoms with Crippen molar-refractivity contribution in [3.63, 3.8) is 0 Å². The topological polar surface area (TPSA) is 25.2 Å². The van der Waals surface area contributed by atoms with Crippen molar-refractivity contribution < 1.29 is 4.79 Å². The van der Waals surface area contributed by atoms with Crippen LogP contribution < -0.4 is 4.90 Å². The van der Waals surface area contributed by atoms with Crippen LogP contribution in [0.3, 0.4) is 0 Å². The Labute approximate surface area is 101 Å². The molecule has 2 heterocycles. The first kappa shape index (κ1) is 10.4. The van der Waals surface area contributed by atoms with E-state index in [9.17, 15) is 4.79 Å². The van der Waals surface area contributed by atoms with Gasteiger partial charge >= 0.3 is 0 Å². The molecule has 1 aromatic heterocycles. The van der Waals surface area contributed by atoms with Gasteiger partial charge in [0.15, 0.2) is 0 Å². The minimum atomic E-state index is 0.746. The number of anilines is 1. The fourth-order valence-electron chi connectivity index (χ4n) is 2.68. The van der Waals surface area contributed by atoms with E-state index in [2.05, 4.69) is 22.6 Å². The van der Waals surface area contributed by atoms with E-state index in [4.69, 9.17) is 0 Å². The van der Waals surface area contributed by atoms with Gasteiger partial charge in [0, 0.05) is 36.6 Å². The lowest BCUT2D eigenvalue weighted by molar-refractivity contribution is 0.112. The third kappa shape index (κ3) is 1.62. The van der Waals surface area contributed by atoms with Crippen molar-refractivity contribution in [2.45, 2.75) is 12.8 Å². The van der Waals surface area contributed by atoms with Gasteiger partial charge in [-0.3, -0.25) is 4.79 Å². The van der Waals surface area contributed by atoms with Crippen molar-refractivity contribution in [1.82, 2.24) is 4.57 Å². The van der Waals surface area contributed by atoms with E-state index >= 15 is 0 Å². The van der Waals surface area contributed by atoms with Crippen molar-refractivity contribution in [2.75, 3.05) is 18.0 Å². The Morgan fingerprint density at radius 2 is 1.94 bits per heavy atom. The molecule has 1 aliphatic heterocycles. The molecule has 0 N–H and O–H groups in total. The largest absolute Gasteiger partial charge is 0.358 e. The zero-order valence-corrected chi connectivity index (χ0v) is 10.0. The van der Waals surface area contributed by atoms with Crippen LogP contribution in [0.15, 0.2) is 24.3 Å². The van der Waals surface area contributed by atoms with Crippen LogP contribution in [0.1, 0.15) is 23.2 Å². The Morgan fingerprint density at radius 3 is 2.65 bits per heavy atom. The van der Waals surface area contributed by atoms with Gasteiger partial charge in [0.1, 0.15) is 12.1 Å². The number of hydrogen-bond donors (Lipinski definition) is 0. The molecule has 2 aromatic rings. The molecule has 0 atom stereocenters. The van der Waals surface area contributed by atoms with Crippen LogP contribution in [0.25, 0.3) is 10.9 Å². The molecule has 0 radical (unpaired) electrons. The molecule has 1 aromatic carbocycles. The maximum atomic E-state index is 10.8. The highest BCUT2D eigenvalue weighted by Gasteiger charge is 2.16. The van der Waals surface area contributed by atoms with Crippen LogP contribution in [0.4, 0.5) is 5.82 Å². The smallest absolute Gasteiger partial charge is 0.150 e. The number of aldehydes is 1. The number of fused-ring (bicyclic) bond motifs is 1. The van der Waals surface area contributed by atoms with Crippen LogP contribution in [-0.4, -0.2) is 23.9 Å². The molecule has 0 saturated carbocycles. The lowest BCUT2D eigenvalue weighted by Gasteiger charge is -2.18. The number of aromatic nitrogens is 1. The normalized spacial score (nSPS) is 15.7. The predicted octanol–water partition coefficient (Wildman–Crippen LogP) is 2.59. The molecule has 1 aliphatic rings. The van der Waals surface area contributed by atoms with Gasteiger partial charge in [-0.1, -0.05) is 0 Å². The molecule has 0 unspecified atom stereocenters. The Morgan fingerprint density at radius 1 is 1.18 bits per heavy atom. The lowest BCUT2D eigenvalue weighted by atomic mass is 10.2. The number of benzene rings is 1. The number of rotatable bonds is 2. The van der Waals surface area contributed by atoms with E-state index in [0.29, 0.717) is 0 Å². The molecular formula is C14H16N2O. The van der Waals surface area contributed by atoms with Crippen LogP contribution in [-0.2, 0) is 7.05 Å². The second kappa shape index (κ2) is 3.91. The average molecular weight is 228 g/mol. The Hall–Kier alpha value is -1.77. The third-order valence-corrected chi connectivity index (χ3v) is 3.61. The maximum absolute atomic E-state index is 10.8. The first-order chi connectivity index (χ1) is 8.29. The van der Waals surface area contributed by atoms with Gasteiger partial charge in [0.2, 0.25) is 0 Å². The van der Waals surface area contributed by atoms with E-state index in [1.165, 1.54) is 24.2 Å². The van der Waals surface area contributed by atoms with E-state index in [-0.39, 0.29) is 0 Å². The van der Waals surface area contributed by atoms with Crippen LogP contribution in [0, 0.1) is 0 Å². The first-order valence-corrected chi connectivity index (χ1v) is 6.09. The quantitative estimate of drug-likeness (QED) is 0.738. The van der Waals surface area contributed by atoms with E-state index in [1.807, 2.05) is 18.2 Å². The molecule has 0 bridgehead atoms. The van der Waals surface area contributed by atoms with Crippen molar-refractivity contribution in [3.05, 3.63) is 29.8 Å². The molecule has 3 heteroatoms. The van der Waals surface area contributed by atoms with Crippen LogP contribution in [0.5, 0.6) is 0 Å². The zero-order valence-electron chi connectivity index (χ0n) is 10.0. The summed E-state index contributed by atoms with van der Waals surface area (Å²) in [5, 5.41) is 1.15. The molecule has 0 spiro atoms. The van der Waals surface area contributed by atoms with Crippen molar-refractivity contribution in [1.29, 1.82) is 0 Å². The van der Waals surface area contributed by atoms with E-state index in [1.54, 1.807) is 0 Å². The molecule has 1 saturated heterocycles. The second-order valence-electron chi connectivity index (χ2n) is 4.69. The average Bonchev–Trinajstić information content (AvgIpc) is 2.97. The fraction of sp³-hybridized carbons (Fsp3) is 0.357. The lowest BCUT2D eigenvalue weighted by Crippen LogP contribution is -2.20. The summed E-state index contributed by atoms with van der Waals surface area (Å²) in [5.74, 6) is 1.26. The number of carbonyl (C=O) groups excluding carboxylic acids is 1. The molecule has 88 valence electrons. The summed E-state index contributed by atoms with van der Waals surface area (Å²) in [6.07, 6.45) is 3.46. The predicted molar refractivity (Wildman–Crippen MR) is 69.8 cm³/mol. The minimum Gasteiger partial charge on any atom is -0.358 e. The molecule has 3 rings (SSSR count). The molecule has 0 aliphatic carbocycles. The molecule has 0 amide bonds.